The molecule has 1 aromatic rings. The molecule has 0 radical (unpaired) electrons. The van der Waals surface area contributed by atoms with Crippen molar-refractivity contribution in [1.29, 1.82) is 0 Å². The first-order valence-electron chi connectivity index (χ1n) is 9.37. The zero-order valence-electron chi connectivity index (χ0n) is 16.0. The Morgan fingerprint density at radius 1 is 1.10 bits per heavy atom. The second kappa shape index (κ2) is 10.2. The summed E-state index contributed by atoms with van der Waals surface area (Å²) in [7, 11) is 0. The standard InChI is InChI=1S/C19H25F2N3O4.ClH/c20-18(21)28-15-4-2-1-3-14(15)16(25)23-7-9-24(10-8-23)17(26)19(13-22)5-11-27-12-6-19;/h1-4,18H,5-13,22H2;1H. The molecule has 2 heterocycles. The van der Waals surface area contributed by atoms with Crippen molar-refractivity contribution in [3.63, 3.8) is 0 Å². The van der Waals surface area contributed by atoms with E-state index in [0.717, 1.165) is 0 Å². The van der Waals surface area contributed by atoms with Crippen LogP contribution in [-0.2, 0) is 9.53 Å². The number of benzene rings is 1. The van der Waals surface area contributed by atoms with Crippen LogP contribution in [0.5, 0.6) is 5.75 Å². The quantitative estimate of drug-likeness (QED) is 0.764. The maximum absolute atomic E-state index is 13.0. The van der Waals surface area contributed by atoms with Gasteiger partial charge in [-0.05, 0) is 25.0 Å². The lowest BCUT2D eigenvalue weighted by molar-refractivity contribution is -0.148. The fourth-order valence-electron chi connectivity index (χ4n) is 3.73. The lowest BCUT2D eigenvalue weighted by Gasteiger charge is -2.42. The molecular formula is C19H26ClF2N3O4. The van der Waals surface area contributed by atoms with Crippen molar-refractivity contribution in [2.24, 2.45) is 11.1 Å². The topological polar surface area (TPSA) is 85.1 Å². The summed E-state index contributed by atoms with van der Waals surface area (Å²) >= 11 is 0. The summed E-state index contributed by atoms with van der Waals surface area (Å²) < 4.78 is 35.0. The van der Waals surface area contributed by atoms with Gasteiger partial charge in [0.2, 0.25) is 5.91 Å². The van der Waals surface area contributed by atoms with Crippen molar-refractivity contribution in [3.8, 4) is 5.75 Å². The SMILES string of the molecule is Cl.NCC1(C(=O)N2CCN(C(=O)c3ccccc3OC(F)F)CC2)CCOCC1. The molecule has 29 heavy (non-hydrogen) atoms. The van der Waals surface area contributed by atoms with Crippen LogP contribution in [0.1, 0.15) is 23.2 Å². The van der Waals surface area contributed by atoms with Gasteiger partial charge in [0.15, 0.2) is 0 Å². The summed E-state index contributed by atoms with van der Waals surface area (Å²) in [6.07, 6.45) is 1.19. The summed E-state index contributed by atoms with van der Waals surface area (Å²) in [5.74, 6) is -0.528. The molecule has 2 saturated heterocycles. The number of para-hydroxylation sites is 1. The third kappa shape index (κ3) is 5.15. The van der Waals surface area contributed by atoms with Gasteiger partial charge in [-0.25, -0.2) is 0 Å². The van der Waals surface area contributed by atoms with E-state index in [2.05, 4.69) is 4.74 Å². The van der Waals surface area contributed by atoms with Crippen molar-refractivity contribution >= 4 is 24.2 Å². The average Bonchev–Trinajstić information content (AvgIpc) is 2.73. The number of amides is 2. The number of halogens is 3. The van der Waals surface area contributed by atoms with E-state index in [1.54, 1.807) is 15.9 Å². The van der Waals surface area contributed by atoms with E-state index >= 15 is 0 Å². The van der Waals surface area contributed by atoms with Gasteiger partial charge < -0.3 is 25.0 Å². The highest BCUT2D eigenvalue weighted by molar-refractivity contribution is 5.97. The number of nitrogens with zero attached hydrogens (tertiary/aromatic N) is 2. The molecule has 2 aliphatic rings. The Balaban J connectivity index is 0.00000300. The number of hydrogen-bond donors (Lipinski definition) is 1. The Labute approximate surface area is 174 Å². The number of ether oxygens (including phenoxy) is 2. The van der Waals surface area contributed by atoms with E-state index in [1.807, 2.05) is 0 Å². The van der Waals surface area contributed by atoms with Crippen LogP contribution in [0.3, 0.4) is 0 Å². The van der Waals surface area contributed by atoms with E-state index in [0.29, 0.717) is 52.2 Å². The monoisotopic (exact) mass is 433 g/mol. The van der Waals surface area contributed by atoms with E-state index in [9.17, 15) is 18.4 Å². The zero-order chi connectivity index (χ0) is 20.1. The Kier molecular flexibility index (Phi) is 8.18. The van der Waals surface area contributed by atoms with Crippen LogP contribution in [0.15, 0.2) is 24.3 Å². The third-order valence-corrected chi connectivity index (χ3v) is 5.48. The molecular weight excluding hydrogens is 408 g/mol. The number of carbonyl (C=O) groups excluding carboxylic acids is 2. The number of nitrogens with two attached hydrogens (primary N) is 1. The highest BCUT2D eigenvalue weighted by Crippen LogP contribution is 2.32. The molecule has 162 valence electrons. The summed E-state index contributed by atoms with van der Waals surface area (Å²) in [5.41, 5.74) is 5.40. The lowest BCUT2D eigenvalue weighted by Crippen LogP contribution is -2.57. The smallest absolute Gasteiger partial charge is 0.387 e. The molecule has 3 rings (SSSR count). The van der Waals surface area contributed by atoms with E-state index < -0.39 is 12.0 Å². The van der Waals surface area contributed by atoms with Crippen molar-refractivity contribution in [2.45, 2.75) is 19.5 Å². The molecule has 0 atom stereocenters. The molecule has 0 unspecified atom stereocenters. The van der Waals surface area contributed by atoms with Gasteiger partial charge in [0, 0.05) is 45.9 Å². The molecule has 2 amide bonds. The first kappa shape index (κ1) is 23.3. The van der Waals surface area contributed by atoms with E-state index in [-0.39, 0.29) is 42.1 Å². The summed E-state index contributed by atoms with van der Waals surface area (Å²) in [6, 6.07) is 5.94. The Morgan fingerprint density at radius 2 is 1.69 bits per heavy atom. The van der Waals surface area contributed by atoms with Gasteiger partial charge in [-0.1, -0.05) is 12.1 Å². The Bertz CT molecular complexity index is 708. The molecule has 2 fully saturated rings. The van der Waals surface area contributed by atoms with Crippen LogP contribution < -0.4 is 10.5 Å². The first-order chi connectivity index (χ1) is 13.5. The highest BCUT2D eigenvalue weighted by Gasteiger charge is 2.42. The molecule has 0 saturated carbocycles. The van der Waals surface area contributed by atoms with Gasteiger partial charge in [0.25, 0.3) is 5.91 Å². The van der Waals surface area contributed by atoms with Crippen LogP contribution in [0, 0.1) is 5.41 Å². The van der Waals surface area contributed by atoms with Crippen LogP contribution >= 0.6 is 12.4 Å². The molecule has 0 spiro atoms. The number of carbonyl (C=O) groups is 2. The van der Waals surface area contributed by atoms with E-state index in [1.165, 1.54) is 18.2 Å². The fourth-order valence-corrected chi connectivity index (χ4v) is 3.73. The van der Waals surface area contributed by atoms with Gasteiger partial charge in [0.1, 0.15) is 5.75 Å². The van der Waals surface area contributed by atoms with Gasteiger partial charge in [-0.3, -0.25) is 9.59 Å². The number of piperazine rings is 1. The van der Waals surface area contributed by atoms with Crippen molar-refractivity contribution in [1.82, 2.24) is 9.80 Å². The van der Waals surface area contributed by atoms with Gasteiger partial charge in [0.05, 0.1) is 11.0 Å². The summed E-state index contributed by atoms with van der Waals surface area (Å²) in [4.78, 5) is 29.1. The second-order valence-electron chi connectivity index (χ2n) is 7.06. The minimum absolute atomic E-state index is 0. The second-order valence-corrected chi connectivity index (χ2v) is 7.06. The van der Waals surface area contributed by atoms with E-state index in [4.69, 9.17) is 10.5 Å². The lowest BCUT2D eigenvalue weighted by atomic mass is 9.78. The molecule has 2 N–H and O–H groups in total. The number of alkyl halides is 2. The minimum Gasteiger partial charge on any atom is -0.434 e. The van der Waals surface area contributed by atoms with Crippen molar-refractivity contribution in [3.05, 3.63) is 29.8 Å². The predicted octanol–water partition coefficient (Wildman–Crippen LogP) is 1.75. The van der Waals surface area contributed by atoms with Gasteiger partial charge in [-0.2, -0.15) is 8.78 Å². The first-order valence-corrected chi connectivity index (χ1v) is 9.37. The highest BCUT2D eigenvalue weighted by atomic mass is 35.5. The molecule has 0 bridgehead atoms. The van der Waals surface area contributed by atoms with Gasteiger partial charge in [-0.15, -0.1) is 12.4 Å². The normalized spacial score (nSPS) is 18.9. The maximum Gasteiger partial charge on any atom is 0.387 e. The average molecular weight is 434 g/mol. The van der Waals surface area contributed by atoms with Crippen LogP contribution in [0.2, 0.25) is 0 Å². The Morgan fingerprint density at radius 3 is 2.28 bits per heavy atom. The number of hydrogen-bond acceptors (Lipinski definition) is 5. The zero-order valence-corrected chi connectivity index (χ0v) is 16.8. The van der Waals surface area contributed by atoms with Crippen molar-refractivity contribution < 1.29 is 27.8 Å². The summed E-state index contributed by atoms with van der Waals surface area (Å²) in [6.45, 7) is -0.293. The fraction of sp³-hybridized carbons (Fsp3) is 0.579. The third-order valence-electron chi connectivity index (χ3n) is 5.48. The van der Waals surface area contributed by atoms with Crippen LogP contribution in [-0.4, -0.2) is 74.2 Å². The molecule has 10 heteroatoms. The maximum atomic E-state index is 13.0. The number of rotatable bonds is 5. The molecule has 2 aliphatic heterocycles. The van der Waals surface area contributed by atoms with Crippen LogP contribution in [0.4, 0.5) is 8.78 Å². The Hall–Kier alpha value is -1.97. The van der Waals surface area contributed by atoms with Crippen LogP contribution in [0.25, 0.3) is 0 Å². The summed E-state index contributed by atoms with van der Waals surface area (Å²) in [5, 5.41) is 0. The largest absolute Gasteiger partial charge is 0.434 e. The van der Waals surface area contributed by atoms with Crippen molar-refractivity contribution in [2.75, 3.05) is 45.9 Å². The molecule has 1 aromatic carbocycles. The minimum atomic E-state index is -3.00. The molecule has 0 aliphatic carbocycles. The molecule has 0 aromatic heterocycles. The van der Waals surface area contributed by atoms with Gasteiger partial charge >= 0.3 is 6.61 Å². The predicted molar refractivity (Wildman–Crippen MR) is 104 cm³/mol. The molecule has 7 nitrogen and oxygen atoms in total.